The zero-order chi connectivity index (χ0) is 24.4. The van der Waals surface area contributed by atoms with Gasteiger partial charge in [0.05, 0.1) is 15.0 Å². The quantitative estimate of drug-likeness (QED) is 0.176. The molecular weight excluding hydrogens is 532 g/mol. The topological polar surface area (TPSA) is 58.9 Å². The molecule has 1 N–H and O–H groups in total. The number of hydrogen-bond donors (Lipinski definition) is 1. The second-order valence-electron chi connectivity index (χ2n) is 8.85. The van der Waals surface area contributed by atoms with E-state index in [0.717, 1.165) is 32.9 Å². The summed E-state index contributed by atoms with van der Waals surface area (Å²) in [7, 11) is 0. The zero-order valence-electron chi connectivity index (χ0n) is 18.8. The molecule has 172 valence electrons. The molecule has 2 heterocycles. The minimum absolute atomic E-state index is 0.0775. The molecule has 7 aromatic rings. The third-order valence-electron chi connectivity index (χ3n) is 6.79. The Morgan fingerprint density at radius 2 is 1.31 bits per heavy atom. The summed E-state index contributed by atoms with van der Waals surface area (Å²) in [6.45, 7) is 0. The summed E-state index contributed by atoms with van der Waals surface area (Å²) in [5.41, 5.74) is 5.83. The van der Waals surface area contributed by atoms with Crippen LogP contribution >= 0.6 is 27.3 Å². The van der Waals surface area contributed by atoms with Crippen molar-refractivity contribution in [1.29, 1.82) is 0 Å². The van der Waals surface area contributed by atoms with Crippen molar-refractivity contribution in [2.24, 2.45) is 0 Å². The van der Waals surface area contributed by atoms with E-state index in [1.165, 1.54) is 25.7 Å². The van der Waals surface area contributed by atoms with Gasteiger partial charge >= 0.3 is 0 Å². The molecule has 0 saturated heterocycles. The number of benzene rings is 5. The molecule has 2 aromatic heterocycles. The minimum Gasteiger partial charge on any atom is -0.355 e. The number of nitrogens with zero attached hydrogens (tertiary/aromatic N) is 1. The van der Waals surface area contributed by atoms with Gasteiger partial charge in [-0.25, -0.2) is 0 Å². The van der Waals surface area contributed by atoms with Gasteiger partial charge in [0, 0.05) is 42.0 Å². The molecule has 0 spiro atoms. The van der Waals surface area contributed by atoms with Gasteiger partial charge in [0.15, 0.2) is 0 Å². The molecule has 0 unspecified atom stereocenters. The maximum absolute atomic E-state index is 11.8. The Hall–Kier alpha value is -4.00. The van der Waals surface area contributed by atoms with E-state index >= 15 is 0 Å². The fourth-order valence-electron chi connectivity index (χ4n) is 5.08. The summed E-state index contributed by atoms with van der Waals surface area (Å²) in [5, 5.41) is 16.5. The number of nitro groups is 1. The molecule has 4 nitrogen and oxygen atoms in total. The third-order valence-corrected chi connectivity index (χ3v) is 8.58. The number of aromatic nitrogens is 1. The largest absolute Gasteiger partial charge is 0.355 e. The summed E-state index contributed by atoms with van der Waals surface area (Å²) in [6, 6.07) is 33.0. The highest BCUT2D eigenvalue weighted by molar-refractivity contribution is 9.10. The van der Waals surface area contributed by atoms with Crippen LogP contribution in [-0.4, -0.2) is 9.91 Å². The molecule has 36 heavy (non-hydrogen) atoms. The predicted octanol–water partition coefficient (Wildman–Crippen LogP) is 9.69. The van der Waals surface area contributed by atoms with Crippen molar-refractivity contribution in [2.45, 2.75) is 0 Å². The molecule has 0 atom stereocenters. The molecule has 0 bridgehead atoms. The summed E-state index contributed by atoms with van der Waals surface area (Å²) in [4.78, 5) is 14.9. The monoisotopic (exact) mass is 548 g/mol. The van der Waals surface area contributed by atoms with Crippen LogP contribution < -0.4 is 0 Å². The molecule has 5 aromatic carbocycles. The van der Waals surface area contributed by atoms with Crippen LogP contribution in [0.2, 0.25) is 0 Å². The maximum atomic E-state index is 11.8. The fraction of sp³-hybridized carbons (Fsp3) is 0. The number of aromatic amines is 1. The number of fused-ring (bicyclic) bond motifs is 6. The second-order valence-corrected chi connectivity index (χ2v) is 10.8. The lowest BCUT2D eigenvalue weighted by atomic mass is 9.99. The Labute approximate surface area is 218 Å². The van der Waals surface area contributed by atoms with E-state index in [-0.39, 0.29) is 10.6 Å². The van der Waals surface area contributed by atoms with Gasteiger partial charge in [0.25, 0.3) is 5.69 Å². The summed E-state index contributed by atoms with van der Waals surface area (Å²) < 4.78 is 3.06. The highest BCUT2D eigenvalue weighted by Gasteiger charge is 2.20. The molecule has 0 fully saturated rings. The SMILES string of the molecule is O=[N+]([O-])c1c(Br)cccc1-c1ccc2[nH]c3ccc(-c4ccc5sc6ccccc6c5c4)cc3c2c1. The number of para-hydroxylation sites is 1. The third kappa shape index (κ3) is 3.26. The second kappa shape index (κ2) is 8.01. The summed E-state index contributed by atoms with van der Waals surface area (Å²) >= 11 is 5.16. The van der Waals surface area contributed by atoms with Crippen molar-refractivity contribution in [3.63, 3.8) is 0 Å². The molecule has 0 saturated carbocycles. The van der Waals surface area contributed by atoms with E-state index in [4.69, 9.17) is 0 Å². The normalized spacial score (nSPS) is 11.7. The van der Waals surface area contributed by atoms with Crippen molar-refractivity contribution in [3.8, 4) is 22.3 Å². The Morgan fingerprint density at radius 3 is 2.08 bits per heavy atom. The zero-order valence-corrected chi connectivity index (χ0v) is 21.2. The van der Waals surface area contributed by atoms with Gasteiger partial charge in [0.1, 0.15) is 0 Å². The van der Waals surface area contributed by atoms with Crippen molar-refractivity contribution in [2.75, 3.05) is 0 Å². The van der Waals surface area contributed by atoms with Crippen LogP contribution in [-0.2, 0) is 0 Å². The van der Waals surface area contributed by atoms with E-state index in [1.807, 2.05) is 35.6 Å². The lowest BCUT2D eigenvalue weighted by Crippen LogP contribution is -1.93. The first-order valence-corrected chi connectivity index (χ1v) is 13.1. The standard InChI is InChI=1S/C30H17BrN2O2S/c31-25-6-3-5-20(30(25)33(34)35)19-9-12-27-23(16-19)22-14-17(8-11-26(22)32-27)18-10-13-29-24(15-18)21-4-1-2-7-28(21)36-29/h1-16,32H. The molecule has 7 rings (SSSR count). The number of nitrogens with one attached hydrogen (secondary N) is 1. The first-order chi connectivity index (χ1) is 17.6. The summed E-state index contributed by atoms with van der Waals surface area (Å²) in [5.74, 6) is 0. The number of H-pyrrole nitrogens is 1. The van der Waals surface area contributed by atoms with Gasteiger partial charge in [-0.05, 0) is 87.2 Å². The number of hydrogen-bond acceptors (Lipinski definition) is 3. The number of halogens is 1. The fourth-order valence-corrected chi connectivity index (χ4v) is 6.68. The van der Waals surface area contributed by atoms with Crippen LogP contribution in [0.15, 0.2) is 102 Å². The van der Waals surface area contributed by atoms with E-state index < -0.39 is 0 Å². The van der Waals surface area contributed by atoms with E-state index in [9.17, 15) is 10.1 Å². The average molecular weight is 549 g/mol. The molecule has 6 heteroatoms. The molecular formula is C30H17BrN2O2S. The smallest absolute Gasteiger partial charge is 0.291 e. The van der Waals surface area contributed by atoms with Crippen LogP contribution in [0.4, 0.5) is 5.69 Å². The van der Waals surface area contributed by atoms with Crippen molar-refractivity contribution < 1.29 is 4.92 Å². The van der Waals surface area contributed by atoms with Gasteiger partial charge < -0.3 is 4.98 Å². The molecule has 0 aliphatic heterocycles. The van der Waals surface area contributed by atoms with Gasteiger partial charge in [-0.3, -0.25) is 10.1 Å². The molecule has 0 radical (unpaired) electrons. The first-order valence-electron chi connectivity index (χ1n) is 11.5. The first kappa shape index (κ1) is 21.3. The Bertz CT molecular complexity index is 2000. The molecule has 0 aliphatic carbocycles. The van der Waals surface area contributed by atoms with Gasteiger partial charge in [-0.15, -0.1) is 11.3 Å². The average Bonchev–Trinajstić information content (AvgIpc) is 3.45. The number of thiophene rings is 1. The molecule has 0 amide bonds. The minimum atomic E-state index is -0.332. The van der Waals surface area contributed by atoms with Crippen LogP contribution in [0.3, 0.4) is 0 Å². The van der Waals surface area contributed by atoms with Crippen molar-refractivity contribution in [1.82, 2.24) is 4.98 Å². The van der Waals surface area contributed by atoms with E-state index in [1.54, 1.807) is 12.1 Å². The van der Waals surface area contributed by atoms with Crippen molar-refractivity contribution in [3.05, 3.63) is 112 Å². The highest BCUT2D eigenvalue weighted by atomic mass is 79.9. The predicted molar refractivity (Wildman–Crippen MR) is 154 cm³/mol. The van der Waals surface area contributed by atoms with Crippen LogP contribution in [0.25, 0.3) is 64.2 Å². The lowest BCUT2D eigenvalue weighted by molar-refractivity contribution is -0.385. The van der Waals surface area contributed by atoms with E-state index in [0.29, 0.717) is 10.0 Å². The number of nitro benzene ring substituents is 1. The van der Waals surface area contributed by atoms with Gasteiger partial charge in [0.2, 0.25) is 0 Å². The van der Waals surface area contributed by atoms with Crippen LogP contribution in [0.5, 0.6) is 0 Å². The van der Waals surface area contributed by atoms with Crippen LogP contribution in [0, 0.1) is 10.1 Å². The lowest BCUT2D eigenvalue weighted by Gasteiger charge is -2.06. The van der Waals surface area contributed by atoms with Gasteiger partial charge in [-0.1, -0.05) is 42.5 Å². The molecule has 0 aliphatic rings. The van der Waals surface area contributed by atoms with Crippen molar-refractivity contribution >= 4 is 74.9 Å². The van der Waals surface area contributed by atoms with E-state index in [2.05, 4.69) is 81.6 Å². The highest BCUT2D eigenvalue weighted by Crippen LogP contribution is 2.40. The number of rotatable bonds is 3. The Balaban J connectivity index is 1.41. The Morgan fingerprint density at radius 1 is 0.667 bits per heavy atom. The summed E-state index contributed by atoms with van der Waals surface area (Å²) in [6.07, 6.45) is 0. The maximum Gasteiger partial charge on any atom is 0.291 e. The Kier molecular flexibility index (Phi) is 4.74. The van der Waals surface area contributed by atoms with Gasteiger partial charge in [-0.2, -0.15) is 0 Å². The van der Waals surface area contributed by atoms with Crippen LogP contribution in [0.1, 0.15) is 0 Å².